The van der Waals surface area contributed by atoms with E-state index in [0.29, 0.717) is 6.61 Å². The number of benzene rings is 1. The van der Waals surface area contributed by atoms with E-state index < -0.39 is 48.1 Å². The van der Waals surface area contributed by atoms with Crippen molar-refractivity contribution in [1.82, 2.24) is 4.90 Å². The molecule has 4 aliphatic rings. The molecule has 0 radical (unpaired) electrons. The molecule has 0 bridgehead atoms. The van der Waals surface area contributed by atoms with Crippen molar-refractivity contribution in [2.75, 3.05) is 13.7 Å². The molecule has 33 heavy (non-hydrogen) atoms. The van der Waals surface area contributed by atoms with Crippen LogP contribution >= 0.6 is 0 Å². The molecule has 180 valence electrons. The van der Waals surface area contributed by atoms with Gasteiger partial charge in [-0.3, -0.25) is 4.79 Å². The third-order valence-corrected chi connectivity index (χ3v) is 6.73. The predicted molar refractivity (Wildman–Crippen MR) is 114 cm³/mol. The molecule has 4 saturated heterocycles. The van der Waals surface area contributed by atoms with E-state index in [2.05, 4.69) is 0 Å². The fraction of sp³-hybridized carbons (Fsp3) is 0.667. The molecule has 1 aromatic carbocycles. The normalized spacial score (nSPS) is 39.8. The van der Waals surface area contributed by atoms with Gasteiger partial charge in [-0.2, -0.15) is 0 Å². The van der Waals surface area contributed by atoms with E-state index in [9.17, 15) is 9.59 Å². The second-order valence-corrected chi connectivity index (χ2v) is 9.88. The zero-order chi connectivity index (χ0) is 23.5. The molecule has 0 spiro atoms. The largest absolute Gasteiger partial charge is 0.369 e. The van der Waals surface area contributed by atoms with Crippen molar-refractivity contribution in [1.29, 1.82) is 0 Å². The van der Waals surface area contributed by atoms with Crippen molar-refractivity contribution < 1.29 is 38.0 Å². The third-order valence-electron chi connectivity index (χ3n) is 6.73. The Morgan fingerprint density at radius 2 is 1.79 bits per heavy atom. The van der Waals surface area contributed by atoms with E-state index >= 15 is 0 Å². The van der Waals surface area contributed by atoms with Crippen LogP contribution in [0.3, 0.4) is 0 Å². The highest BCUT2D eigenvalue weighted by atomic mass is 16.8. The Morgan fingerprint density at radius 3 is 2.39 bits per heavy atom. The molecule has 0 N–H and O–H groups in total. The van der Waals surface area contributed by atoms with Crippen LogP contribution in [-0.2, 0) is 38.0 Å². The second kappa shape index (κ2) is 8.11. The van der Waals surface area contributed by atoms with Gasteiger partial charge in [-0.05, 0) is 33.3 Å². The second-order valence-electron chi connectivity index (χ2n) is 9.88. The van der Waals surface area contributed by atoms with Crippen molar-refractivity contribution in [2.45, 2.75) is 88.0 Å². The molecule has 4 aliphatic heterocycles. The first-order valence-corrected chi connectivity index (χ1v) is 11.3. The molecular weight excluding hydrogens is 430 g/mol. The molecule has 0 aliphatic carbocycles. The monoisotopic (exact) mass is 461 g/mol. The average Bonchev–Trinajstić information content (AvgIpc) is 3.37. The number of aldehydes is 1. The van der Waals surface area contributed by atoms with Crippen LogP contribution in [-0.4, -0.2) is 85.0 Å². The molecule has 9 nitrogen and oxygen atoms in total. The SMILES string of the molecule is CO[C@@H]1C(=O)N([C@H](C=O)[C@H]2OC(C)(C)O[C@H]2[C@H]2COC(C)(C)O2)[C@@H]1[C@H]1OC1c1ccccc1. The molecule has 1 aromatic rings. The van der Waals surface area contributed by atoms with Crippen LogP contribution in [0.15, 0.2) is 30.3 Å². The number of hydrogen-bond donors (Lipinski definition) is 0. The Bertz CT molecular complexity index is 905. The van der Waals surface area contributed by atoms with Gasteiger partial charge in [0.15, 0.2) is 17.7 Å². The Labute approximate surface area is 193 Å². The summed E-state index contributed by atoms with van der Waals surface area (Å²) in [6.07, 6.45) is -2.09. The quantitative estimate of drug-likeness (QED) is 0.343. The summed E-state index contributed by atoms with van der Waals surface area (Å²) in [6.45, 7) is 7.52. The minimum Gasteiger partial charge on any atom is -0.369 e. The number of carbonyl (C=O) groups excluding carboxylic acids is 2. The highest BCUT2D eigenvalue weighted by Crippen LogP contribution is 2.48. The molecule has 1 amide bonds. The fourth-order valence-electron chi connectivity index (χ4n) is 5.26. The van der Waals surface area contributed by atoms with E-state index in [1.807, 2.05) is 44.2 Å². The van der Waals surface area contributed by atoms with E-state index in [4.69, 9.17) is 28.4 Å². The van der Waals surface area contributed by atoms with E-state index in [0.717, 1.165) is 11.8 Å². The first-order valence-electron chi connectivity index (χ1n) is 11.3. The van der Waals surface area contributed by atoms with Gasteiger partial charge < -0.3 is 38.1 Å². The number of ether oxygens (including phenoxy) is 6. The van der Waals surface area contributed by atoms with Crippen LogP contribution in [0.5, 0.6) is 0 Å². The average molecular weight is 462 g/mol. The number of nitrogens with zero attached hydrogens (tertiary/aromatic N) is 1. The summed E-state index contributed by atoms with van der Waals surface area (Å²) in [7, 11) is 1.50. The molecule has 1 unspecified atom stereocenters. The van der Waals surface area contributed by atoms with Gasteiger partial charge in [0, 0.05) is 7.11 Å². The lowest BCUT2D eigenvalue weighted by Gasteiger charge is -2.49. The summed E-state index contributed by atoms with van der Waals surface area (Å²) in [6, 6.07) is 8.51. The zero-order valence-corrected chi connectivity index (χ0v) is 19.5. The summed E-state index contributed by atoms with van der Waals surface area (Å²) in [5.41, 5.74) is 1.03. The lowest BCUT2D eigenvalue weighted by atomic mass is 9.87. The first kappa shape index (κ1) is 22.9. The van der Waals surface area contributed by atoms with Gasteiger partial charge in [0.1, 0.15) is 42.8 Å². The first-order chi connectivity index (χ1) is 15.7. The van der Waals surface area contributed by atoms with Crippen molar-refractivity contribution in [3.8, 4) is 0 Å². The van der Waals surface area contributed by atoms with Crippen molar-refractivity contribution in [3.05, 3.63) is 35.9 Å². The summed E-state index contributed by atoms with van der Waals surface area (Å²) in [5, 5.41) is 0. The number of amides is 1. The van der Waals surface area contributed by atoms with Crippen LogP contribution < -0.4 is 0 Å². The molecule has 9 heteroatoms. The van der Waals surface area contributed by atoms with Crippen LogP contribution in [0, 0.1) is 0 Å². The van der Waals surface area contributed by atoms with Crippen LogP contribution in [0.25, 0.3) is 0 Å². The van der Waals surface area contributed by atoms with Crippen LogP contribution in [0.4, 0.5) is 0 Å². The number of hydrogen-bond acceptors (Lipinski definition) is 8. The fourth-order valence-corrected chi connectivity index (χ4v) is 5.26. The van der Waals surface area contributed by atoms with Gasteiger partial charge in [0.05, 0.1) is 12.6 Å². The van der Waals surface area contributed by atoms with Gasteiger partial charge in [0.25, 0.3) is 5.91 Å². The Hall–Kier alpha value is -1.88. The van der Waals surface area contributed by atoms with Crippen molar-refractivity contribution >= 4 is 12.2 Å². The summed E-state index contributed by atoms with van der Waals surface area (Å²) in [4.78, 5) is 27.0. The lowest BCUT2D eigenvalue weighted by molar-refractivity contribution is -0.188. The van der Waals surface area contributed by atoms with Crippen molar-refractivity contribution in [3.63, 3.8) is 0 Å². The molecule has 0 saturated carbocycles. The Kier molecular flexibility index (Phi) is 5.63. The number of carbonyl (C=O) groups is 2. The Balaban J connectivity index is 1.39. The Morgan fingerprint density at radius 1 is 1.06 bits per heavy atom. The van der Waals surface area contributed by atoms with Gasteiger partial charge in [-0.1, -0.05) is 30.3 Å². The van der Waals surface area contributed by atoms with Gasteiger partial charge in [-0.15, -0.1) is 0 Å². The zero-order valence-electron chi connectivity index (χ0n) is 19.5. The van der Waals surface area contributed by atoms with Crippen LogP contribution in [0.1, 0.15) is 39.4 Å². The van der Waals surface area contributed by atoms with Crippen LogP contribution in [0.2, 0.25) is 0 Å². The highest BCUT2D eigenvalue weighted by molar-refractivity contribution is 5.91. The van der Waals surface area contributed by atoms with Crippen molar-refractivity contribution in [2.24, 2.45) is 0 Å². The minimum atomic E-state index is -0.945. The molecule has 5 rings (SSSR count). The lowest BCUT2D eigenvalue weighted by Crippen LogP contribution is -2.73. The maximum Gasteiger partial charge on any atom is 0.255 e. The number of likely N-dealkylation sites (tertiary alicyclic amines) is 1. The maximum absolute atomic E-state index is 13.1. The summed E-state index contributed by atoms with van der Waals surface area (Å²) >= 11 is 0. The molecular formula is C24H31NO8. The standard InChI is InChI=1S/C24H31NO8/c1-23(2)29-12-15(31-23)19-18(32-24(3,4)33-19)14(11-26)25-16(21(28-5)22(25)27)20-17(30-20)13-9-7-6-8-10-13/h6-11,14-21H,12H2,1-5H3/t14-,15-,16-,17?,18-,19+,20-,21+/m1/s1. The number of epoxide rings is 1. The van der Waals surface area contributed by atoms with E-state index in [1.165, 1.54) is 12.0 Å². The van der Waals surface area contributed by atoms with Gasteiger partial charge >= 0.3 is 0 Å². The topological polar surface area (TPSA) is 96.1 Å². The molecule has 0 aromatic heterocycles. The van der Waals surface area contributed by atoms with E-state index in [1.54, 1.807) is 13.8 Å². The molecule has 8 atom stereocenters. The maximum atomic E-state index is 13.1. The summed E-state index contributed by atoms with van der Waals surface area (Å²) < 4.78 is 35.5. The third kappa shape index (κ3) is 4.00. The number of β-lactam (4-membered cyclic amide) rings is 1. The predicted octanol–water partition coefficient (Wildman–Crippen LogP) is 1.59. The molecule has 4 heterocycles. The van der Waals surface area contributed by atoms with E-state index in [-0.39, 0.29) is 18.1 Å². The summed E-state index contributed by atoms with van der Waals surface area (Å²) in [5.74, 6) is -1.97. The minimum absolute atomic E-state index is 0.155. The highest BCUT2D eigenvalue weighted by Gasteiger charge is 2.65. The van der Waals surface area contributed by atoms with Gasteiger partial charge in [-0.25, -0.2) is 0 Å². The number of rotatable bonds is 7. The number of methoxy groups -OCH3 is 1. The van der Waals surface area contributed by atoms with Gasteiger partial charge in [0.2, 0.25) is 0 Å². The smallest absolute Gasteiger partial charge is 0.255 e. The molecule has 4 fully saturated rings.